The molecule has 0 fully saturated rings. The summed E-state index contributed by atoms with van der Waals surface area (Å²) in [6, 6.07) is 18.3. The zero-order chi connectivity index (χ0) is 19.7. The minimum atomic E-state index is 0.140. The average molecular weight is 392 g/mol. The lowest BCUT2D eigenvalue weighted by atomic mass is 10.1. The lowest BCUT2D eigenvalue weighted by molar-refractivity contribution is -0.118. The normalized spacial score (nSPS) is 16.5. The van der Waals surface area contributed by atoms with Gasteiger partial charge in [-0.2, -0.15) is 5.10 Å². The molecule has 0 saturated carbocycles. The van der Waals surface area contributed by atoms with Crippen LogP contribution in [0.2, 0.25) is 0 Å². The van der Waals surface area contributed by atoms with Crippen molar-refractivity contribution in [3.05, 3.63) is 71.5 Å². The Morgan fingerprint density at radius 1 is 1.11 bits per heavy atom. The first-order valence-corrected chi connectivity index (χ1v) is 10.6. The highest BCUT2D eigenvalue weighted by Crippen LogP contribution is 2.37. The summed E-state index contributed by atoms with van der Waals surface area (Å²) in [5, 5.41) is 5.20. The highest BCUT2D eigenvalue weighted by atomic mass is 32.2. The topological polar surface area (TPSA) is 38.1 Å². The van der Waals surface area contributed by atoms with E-state index in [1.165, 1.54) is 4.90 Å². The van der Waals surface area contributed by atoms with E-state index in [0.717, 1.165) is 41.3 Å². The van der Waals surface area contributed by atoms with Crippen molar-refractivity contribution < 1.29 is 4.79 Å². The Kier molecular flexibility index (Phi) is 5.27. The molecule has 28 heavy (non-hydrogen) atoms. The fraction of sp³-hybridized carbons (Fsp3) is 0.304. The maximum absolute atomic E-state index is 13.3. The Balaban J connectivity index is 1.64. The fourth-order valence-corrected chi connectivity index (χ4v) is 4.86. The average Bonchev–Trinajstić information content (AvgIpc) is 2.87. The first-order valence-electron chi connectivity index (χ1n) is 9.71. The Morgan fingerprint density at radius 3 is 2.61 bits per heavy atom. The van der Waals surface area contributed by atoms with Crippen LogP contribution in [0.25, 0.3) is 5.69 Å². The minimum Gasteiger partial charge on any atom is -0.311 e. The Morgan fingerprint density at radius 2 is 1.82 bits per heavy atom. The number of rotatable bonds is 3. The smallest absolute Gasteiger partial charge is 0.231 e. The molecule has 2 aromatic carbocycles. The summed E-state index contributed by atoms with van der Waals surface area (Å²) in [6.45, 7) is 7.02. The number of aromatic nitrogens is 2. The van der Waals surface area contributed by atoms with Crippen LogP contribution < -0.4 is 4.90 Å². The van der Waals surface area contributed by atoms with Crippen LogP contribution in [0.15, 0.2) is 59.5 Å². The lowest BCUT2D eigenvalue weighted by Gasteiger charge is -2.22. The second-order valence-electron chi connectivity index (χ2n) is 7.30. The highest BCUT2D eigenvalue weighted by molar-refractivity contribution is 8.00. The van der Waals surface area contributed by atoms with Crippen LogP contribution in [0, 0.1) is 13.8 Å². The molecule has 0 saturated heterocycles. The zero-order valence-electron chi connectivity index (χ0n) is 16.6. The molecule has 1 amide bonds. The van der Waals surface area contributed by atoms with Crippen LogP contribution in [0.4, 0.5) is 5.69 Å². The van der Waals surface area contributed by atoms with Gasteiger partial charge >= 0.3 is 0 Å². The molecule has 1 aromatic heterocycles. The SMILES string of the molecule is Cc1nn(-c2ccccc2)c(C)c1CC(=O)N1CCC(C)Sc2ccccc21. The van der Waals surface area contributed by atoms with Crippen molar-refractivity contribution in [2.45, 2.75) is 43.8 Å². The number of aryl methyl sites for hydroxylation is 1. The summed E-state index contributed by atoms with van der Waals surface area (Å²) >= 11 is 1.86. The number of nitrogens with zero attached hydrogens (tertiary/aromatic N) is 3. The van der Waals surface area contributed by atoms with Crippen LogP contribution >= 0.6 is 11.8 Å². The predicted molar refractivity (Wildman–Crippen MR) is 115 cm³/mol. The number of hydrogen-bond acceptors (Lipinski definition) is 3. The van der Waals surface area contributed by atoms with Crippen molar-refractivity contribution in [3.63, 3.8) is 0 Å². The van der Waals surface area contributed by atoms with Gasteiger partial charge in [-0.15, -0.1) is 11.8 Å². The maximum Gasteiger partial charge on any atom is 0.231 e. The molecule has 1 atom stereocenters. The first kappa shape index (κ1) is 18.8. The van der Waals surface area contributed by atoms with Crippen molar-refractivity contribution in [2.75, 3.05) is 11.4 Å². The van der Waals surface area contributed by atoms with Gasteiger partial charge in [-0.25, -0.2) is 4.68 Å². The van der Waals surface area contributed by atoms with E-state index >= 15 is 0 Å². The first-order chi connectivity index (χ1) is 13.5. The molecule has 0 N–H and O–H groups in total. The summed E-state index contributed by atoms with van der Waals surface area (Å²) in [5.74, 6) is 0.140. The number of amides is 1. The van der Waals surface area contributed by atoms with E-state index in [9.17, 15) is 4.79 Å². The molecular weight excluding hydrogens is 366 g/mol. The number of thioether (sulfide) groups is 1. The molecule has 0 spiro atoms. The summed E-state index contributed by atoms with van der Waals surface area (Å²) in [4.78, 5) is 16.5. The van der Waals surface area contributed by atoms with Gasteiger partial charge in [-0.3, -0.25) is 4.79 Å². The van der Waals surface area contributed by atoms with Gasteiger partial charge in [-0.1, -0.05) is 37.3 Å². The van der Waals surface area contributed by atoms with Gasteiger partial charge in [0.05, 0.1) is 23.5 Å². The quantitative estimate of drug-likeness (QED) is 0.634. The predicted octanol–water partition coefficient (Wildman–Crippen LogP) is 4.95. The number of carbonyl (C=O) groups is 1. The molecule has 0 bridgehead atoms. The van der Waals surface area contributed by atoms with E-state index in [1.807, 2.05) is 77.7 Å². The van der Waals surface area contributed by atoms with E-state index < -0.39 is 0 Å². The lowest BCUT2D eigenvalue weighted by Crippen LogP contribution is -2.33. The third-order valence-electron chi connectivity index (χ3n) is 5.31. The minimum absolute atomic E-state index is 0.140. The standard InChI is InChI=1S/C23H25N3OS/c1-16-13-14-25(21-11-7-8-12-22(21)28-16)23(27)15-20-17(2)24-26(18(20)3)19-9-5-4-6-10-19/h4-12,16H,13-15H2,1-3H3. The van der Waals surface area contributed by atoms with E-state index in [2.05, 4.69) is 19.1 Å². The van der Waals surface area contributed by atoms with E-state index in [1.54, 1.807) is 0 Å². The van der Waals surface area contributed by atoms with E-state index in [0.29, 0.717) is 11.7 Å². The largest absolute Gasteiger partial charge is 0.311 e. The molecule has 3 aromatic rings. The molecular formula is C23H25N3OS. The third kappa shape index (κ3) is 3.59. The Labute approximate surface area is 170 Å². The van der Waals surface area contributed by atoms with Crippen molar-refractivity contribution >= 4 is 23.4 Å². The van der Waals surface area contributed by atoms with Crippen molar-refractivity contribution in [1.82, 2.24) is 9.78 Å². The number of benzene rings is 2. The number of carbonyl (C=O) groups excluding carboxylic acids is 1. The van der Waals surface area contributed by atoms with Crippen LogP contribution in [0.5, 0.6) is 0 Å². The van der Waals surface area contributed by atoms with Crippen molar-refractivity contribution in [1.29, 1.82) is 0 Å². The summed E-state index contributed by atoms with van der Waals surface area (Å²) in [6.07, 6.45) is 1.37. The Hall–Kier alpha value is -2.53. The zero-order valence-corrected chi connectivity index (χ0v) is 17.4. The molecule has 5 heteroatoms. The molecule has 144 valence electrons. The molecule has 1 aliphatic rings. The number of anilines is 1. The number of para-hydroxylation sites is 2. The van der Waals surface area contributed by atoms with Crippen LogP contribution in [0.1, 0.15) is 30.3 Å². The molecule has 4 nitrogen and oxygen atoms in total. The second kappa shape index (κ2) is 7.84. The van der Waals surface area contributed by atoms with Crippen molar-refractivity contribution in [3.8, 4) is 5.69 Å². The van der Waals surface area contributed by atoms with Gasteiger partial charge < -0.3 is 4.90 Å². The van der Waals surface area contributed by atoms with Gasteiger partial charge in [-0.05, 0) is 44.5 Å². The molecule has 4 rings (SSSR count). The second-order valence-corrected chi connectivity index (χ2v) is 8.78. The van der Waals surface area contributed by atoms with Crippen molar-refractivity contribution in [2.24, 2.45) is 0 Å². The highest BCUT2D eigenvalue weighted by Gasteiger charge is 2.26. The van der Waals surface area contributed by atoms with Gasteiger partial charge in [0.2, 0.25) is 5.91 Å². The molecule has 2 heterocycles. The van der Waals surface area contributed by atoms with Crippen LogP contribution in [-0.4, -0.2) is 27.5 Å². The molecule has 1 aliphatic heterocycles. The van der Waals surface area contributed by atoms with E-state index in [4.69, 9.17) is 5.10 Å². The Bertz CT molecular complexity index is 996. The maximum atomic E-state index is 13.3. The summed E-state index contributed by atoms with van der Waals surface area (Å²) < 4.78 is 1.94. The van der Waals surface area contributed by atoms with Gasteiger partial charge in [0.25, 0.3) is 0 Å². The number of hydrogen-bond donors (Lipinski definition) is 0. The van der Waals surface area contributed by atoms with Gasteiger partial charge in [0, 0.05) is 27.9 Å². The molecule has 0 radical (unpaired) electrons. The summed E-state index contributed by atoms with van der Waals surface area (Å²) in [7, 11) is 0. The summed E-state index contributed by atoms with van der Waals surface area (Å²) in [5.41, 5.74) is 5.03. The third-order valence-corrected chi connectivity index (χ3v) is 6.55. The van der Waals surface area contributed by atoms with E-state index in [-0.39, 0.29) is 5.91 Å². The monoisotopic (exact) mass is 391 g/mol. The van der Waals surface area contributed by atoms with Crippen LogP contribution in [0.3, 0.4) is 0 Å². The van der Waals surface area contributed by atoms with Gasteiger partial charge in [0.15, 0.2) is 0 Å². The molecule has 1 unspecified atom stereocenters. The van der Waals surface area contributed by atoms with Gasteiger partial charge in [0.1, 0.15) is 0 Å². The molecule has 0 aliphatic carbocycles. The number of fused-ring (bicyclic) bond motifs is 1. The van der Waals surface area contributed by atoms with Crippen LogP contribution in [-0.2, 0) is 11.2 Å². The fourth-order valence-electron chi connectivity index (χ4n) is 3.74.